The number of hydrogen-bond acceptors (Lipinski definition) is 5. The van der Waals surface area contributed by atoms with E-state index in [1.54, 1.807) is 7.05 Å². The van der Waals surface area contributed by atoms with E-state index in [0.29, 0.717) is 0 Å². The summed E-state index contributed by atoms with van der Waals surface area (Å²) < 4.78 is 32.0. The summed E-state index contributed by atoms with van der Waals surface area (Å²) in [5, 5.41) is 13.5. The molecule has 0 saturated heterocycles. The molecule has 1 aromatic rings. The van der Waals surface area contributed by atoms with Gasteiger partial charge in [-0.05, 0) is 6.92 Å². The van der Waals surface area contributed by atoms with Crippen LogP contribution in [0.25, 0.3) is 0 Å². The number of nitrogens with zero attached hydrogens (tertiary/aromatic N) is 2. The van der Waals surface area contributed by atoms with Crippen molar-refractivity contribution in [2.24, 2.45) is 7.05 Å². The highest BCUT2D eigenvalue weighted by Gasteiger charge is 2.24. The second-order valence-corrected chi connectivity index (χ2v) is 5.87. The van der Waals surface area contributed by atoms with Crippen LogP contribution in [0.4, 0.5) is 0 Å². The molecule has 1 aromatic heterocycles. The zero-order valence-corrected chi connectivity index (χ0v) is 10.9. The van der Waals surface area contributed by atoms with Crippen LogP contribution < -0.4 is 4.72 Å². The van der Waals surface area contributed by atoms with Gasteiger partial charge in [0, 0.05) is 26.9 Å². The zero-order chi connectivity index (χ0) is 13.1. The van der Waals surface area contributed by atoms with E-state index in [-0.39, 0.29) is 18.0 Å². The predicted octanol–water partition coefficient (Wildman–Crippen LogP) is -0.904. The lowest BCUT2D eigenvalue weighted by atomic mass is 10.1. The number of hydrogen-bond donors (Lipinski definition) is 2. The first-order chi connectivity index (χ1) is 7.77. The molecular formula is C9H17N3O4S. The van der Waals surface area contributed by atoms with Gasteiger partial charge in [0.15, 0.2) is 0 Å². The standard InChI is InChI=1S/C9H17N3O4S/c1-9(13,7-16-3)6-11-17(14,15)8-4-10-12(2)5-8/h4-5,11,13H,6-7H2,1-3H3. The fraction of sp³-hybridized carbons (Fsp3) is 0.667. The summed E-state index contributed by atoms with van der Waals surface area (Å²) in [6.07, 6.45) is 2.63. The van der Waals surface area contributed by atoms with Gasteiger partial charge in [0.25, 0.3) is 0 Å². The average molecular weight is 263 g/mol. The van der Waals surface area contributed by atoms with Gasteiger partial charge >= 0.3 is 0 Å². The summed E-state index contributed by atoms with van der Waals surface area (Å²) in [5.74, 6) is 0. The van der Waals surface area contributed by atoms with Crippen molar-refractivity contribution >= 4 is 10.0 Å². The van der Waals surface area contributed by atoms with Crippen LogP contribution in [0.3, 0.4) is 0 Å². The van der Waals surface area contributed by atoms with Gasteiger partial charge in [0.1, 0.15) is 4.90 Å². The van der Waals surface area contributed by atoms with Crippen LogP contribution in [-0.2, 0) is 21.8 Å². The summed E-state index contributed by atoms with van der Waals surface area (Å²) in [6.45, 7) is 1.41. The second-order valence-electron chi connectivity index (χ2n) is 4.10. The van der Waals surface area contributed by atoms with Gasteiger partial charge in [0.2, 0.25) is 10.0 Å². The number of ether oxygens (including phenoxy) is 1. The molecule has 0 saturated carbocycles. The van der Waals surface area contributed by atoms with E-state index in [4.69, 9.17) is 4.74 Å². The normalized spacial score (nSPS) is 15.8. The van der Waals surface area contributed by atoms with E-state index in [1.165, 1.54) is 31.1 Å². The van der Waals surface area contributed by atoms with Gasteiger partial charge < -0.3 is 9.84 Å². The highest BCUT2D eigenvalue weighted by Crippen LogP contribution is 2.08. The van der Waals surface area contributed by atoms with Crippen LogP contribution in [0.5, 0.6) is 0 Å². The number of sulfonamides is 1. The van der Waals surface area contributed by atoms with Gasteiger partial charge in [-0.2, -0.15) is 5.10 Å². The largest absolute Gasteiger partial charge is 0.386 e. The fourth-order valence-corrected chi connectivity index (χ4v) is 2.38. The topological polar surface area (TPSA) is 93.4 Å². The van der Waals surface area contributed by atoms with Gasteiger partial charge in [0.05, 0.1) is 18.4 Å². The SMILES string of the molecule is COCC(C)(O)CNS(=O)(=O)c1cnn(C)c1. The van der Waals surface area contributed by atoms with Crippen LogP contribution in [0.1, 0.15) is 6.92 Å². The molecule has 17 heavy (non-hydrogen) atoms. The third-order valence-electron chi connectivity index (χ3n) is 2.09. The predicted molar refractivity (Wildman–Crippen MR) is 60.9 cm³/mol. The third-order valence-corrected chi connectivity index (χ3v) is 3.45. The van der Waals surface area contributed by atoms with Gasteiger partial charge in [-0.15, -0.1) is 0 Å². The van der Waals surface area contributed by atoms with Crippen molar-refractivity contribution in [1.29, 1.82) is 0 Å². The monoisotopic (exact) mass is 263 g/mol. The number of aryl methyl sites for hydroxylation is 1. The molecule has 8 heteroatoms. The Hall–Kier alpha value is -0.960. The highest BCUT2D eigenvalue weighted by molar-refractivity contribution is 7.89. The molecule has 0 amide bonds. The molecule has 1 atom stereocenters. The Morgan fingerprint density at radius 1 is 1.65 bits per heavy atom. The zero-order valence-electron chi connectivity index (χ0n) is 10.0. The lowest BCUT2D eigenvalue weighted by Gasteiger charge is -2.22. The summed E-state index contributed by atoms with van der Waals surface area (Å²) in [6, 6.07) is 0. The van der Waals surface area contributed by atoms with E-state index in [2.05, 4.69) is 9.82 Å². The van der Waals surface area contributed by atoms with Crippen LogP contribution in [0, 0.1) is 0 Å². The summed E-state index contributed by atoms with van der Waals surface area (Å²) in [4.78, 5) is 0.0632. The number of rotatable bonds is 6. The van der Waals surface area contributed by atoms with Gasteiger partial charge in [-0.1, -0.05) is 0 Å². The molecule has 0 aromatic carbocycles. The number of nitrogens with one attached hydrogen (secondary N) is 1. The van der Waals surface area contributed by atoms with Crippen LogP contribution in [0.15, 0.2) is 17.3 Å². The second kappa shape index (κ2) is 5.13. The average Bonchev–Trinajstić information content (AvgIpc) is 2.63. The summed E-state index contributed by atoms with van der Waals surface area (Å²) in [7, 11) is -0.580. The first kappa shape index (κ1) is 14.1. The van der Waals surface area contributed by atoms with Crippen molar-refractivity contribution in [2.45, 2.75) is 17.4 Å². The molecule has 1 heterocycles. The lowest BCUT2D eigenvalue weighted by molar-refractivity contribution is -0.0119. The number of aromatic nitrogens is 2. The maximum absolute atomic E-state index is 11.8. The van der Waals surface area contributed by atoms with E-state index >= 15 is 0 Å². The van der Waals surface area contributed by atoms with Crippen LogP contribution >= 0.6 is 0 Å². The Morgan fingerprint density at radius 3 is 2.76 bits per heavy atom. The molecular weight excluding hydrogens is 246 g/mol. The maximum Gasteiger partial charge on any atom is 0.243 e. The summed E-state index contributed by atoms with van der Waals surface area (Å²) >= 11 is 0. The first-order valence-electron chi connectivity index (χ1n) is 4.96. The lowest BCUT2D eigenvalue weighted by Crippen LogP contribution is -2.43. The molecule has 0 fully saturated rings. The molecule has 0 bridgehead atoms. The minimum Gasteiger partial charge on any atom is -0.386 e. The molecule has 2 N–H and O–H groups in total. The molecule has 0 aliphatic heterocycles. The molecule has 7 nitrogen and oxygen atoms in total. The summed E-state index contributed by atoms with van der Waals surface area (Å²) in [5.41, 5.74) is -1.25. The Bertz CT molecular complexity index is 466. The molecule has 0 aliphatic carbocycles. The molecule has 0 radical (unpaired) electrons. The Kier molecular flexibility index (Phi) is 4.26. The quantitative estimate of drug-likeness (QED) is 0.693. The van der Waals surface area contributed by atoms with E-state index < -0.39 is 15.6 Å². The van der Waals surface area contributed by atoms with Crippen molar-refractivity contribution < 1.29 is 18.3 Å². The minimum absolute atomic E-state index is 0.0442. The van der Waals surface area contributed by atoms with Gasteiger partial charge in [-0.3, -0.25) is 4.68 Å². The third kappa shape index (κ3) is 4.08. The van der Waals surface area contributed by atoms with Crippen molar-refractivity contribution in [3.8, 4) is 0 Å². The minimum atomic E-state index is -3.64. The van der Waals surface area contributed by atoms with Gasteiger partial charge in [-0.25, -0.2) is 13.1 Å². The van der Waals surface area contributed by atoms with Crippen molar-refractivity contribution in [3.63, 3.8) is 0 Å². The van der Waals surface area contributed by atoms with E-state index in [1.807, 2.05) is 0 Å². The maximum atomic E-state index is 11.8. The Balaban J connectivity index is 2.69. The van der Waals surface area contributed by atoms with Crippen LogP contribution in [0.2, 0.25) is 0 Å². The molecule has 0 aliphatic rings. The van der Waals surface area contributed by atoms with Crippen molar-refractivity contribution in [2.75, 3.05) is 20.3 Å². The van der Waals surface area contributed by atoms with Crippen molar-refractivity contribution in [1.82, 2.24) is 14.5 Å². The highest BCUT2D eigenvalue weighted by atomic mass is 32.2. The first-order valence-corrected chi connectivity index (χ1v) is 6.45. The molecule has 1 rings (SSSR count). The van der Waals surface area contributed by atoms with E-state index in [9.17, 15) is 13.5 Å². The molecule has 1 unspecified atom stereocenters. The van der Waals surface area contributed by atoms with E-state index in [0.717, 1.165) is 0 Å². The molecule has 0 spiro atoms. The Labute approximate surface area is 100 Å². The number of methoxy groups -OCH3 is 1. The fourth-order valence-electron chi connectivity index (χ4n) is 1.23. The Morgan fingerprint density at radius 2 is 2.29 bits per heavy atom. The number of aliphatic hydroxyl groups is 1. The smallest absolute Gasteiger partial charge is 0.243 e. The molecule has 98 valence electrons. The van der Waals surface area contributed by atoms with Crippen molar-refractivity contribution in [3.05, 3.63) is 12.4 Å². The van der Waals surface area contributed by atoms with Crippen LogP contribution in [-0.4, -0.2) is 49.2 Å².